The Kier molecular flexibility index (Phi) is 4.11. The summed E-state index contributed by atoms with van der Waals surface area (Å²) in [6.45, 7) is 1.22. The second kappa shape index (κ2) is 6.11. The van der Waals surface area contributed by atoms with Gasteiger partial charge in [-0.05, 0) is 31.2 Å². The number of carbonyl (C=O) groups is 2. The molecule has 1 unspecified atom stereocenters. The number of aromatic nitrogens is 2. The van der Waals surface area contributed by atoms with Crippen LogP contribution in [0.3, 0.4) is 0 Å². The van der Waals surface area contributed by atoms with Gasteiger partial charge in [0.2, 0.25) is 5.91 Å². The maximum absolute atomic E-state index is 12.5. The fourth-order valence-electron chi connectivity index (χ4n) is 2.24. The molecule has 0 saturated carbocycles. The van der Waals surface area contributed by atoms with E-state index in [9.17, 15) is 22.8 Å². The highest BCUT2D eigenvalue weighted by Gasteiger charge is 2.33. The molecule has 0 saturated heterocycles. The molecule has 10 heteroatoms. The Hall–Kier alpha value is -3.04. The lowest BCUT2D eigenvalue weighted by Gasteiger charge is -2.23. The van der Waals surface area contributed by atoms with Crippen molar-refractivity contribution >= 4 is 23.2 Å². The third kappa shape index (κ3) is 3.73. The van der Waals surface area contributed by atoms with E-state index in [1.165, 1.54) is 6.07 Å². The number of nitrogens with zero attached hydrogens (tertiary/aromatic N) is 2. The van der Waals surface area contributed by atoms with Crippen molar-refractivity contribution in [3.63, 3.8) is 0 Å². The van der Waals surface area contributed by atoms with Crippen LogP contribution in [0.2, 0.25) is 0 Å². The van der Waals surface area contributed by atoms with Gasteiger partial charge in [-0.15, -0.1) is 0 Å². The van der Waals surface area contributed by atoms with Crippen molar-refractivity contribution in [3.05, 3.63) is 36.2 Å². The van der Waals surface area contributed by atoms with Gasteiger partial charge in [-0.3, -0.25) is 14.3 Å². The minimum Gasteiger partial charge on any atom is -0.479 e. The first kappa shape index (κ1) is 16.8. The number of hydrogen-bond acceptors (Lipinski definition) is 4. The molecular formula is C15H13F3N4O3. The Morgan fingerprint density at radius 1 is 1.40 bits per heavy atom. The van der Waals surface area contributed by atoms with E-state index < -0.39 is 23.9 Å². The zero-order valence-corrected chi connectivity index (χ0v) is 12.9. The molecule has 2 N–H and O–H groups in total. The van der Waals surface area contributed by atoms with Crippen molar-refractivity contribution in [3.8, 4) is 5.75 Å². The number of carbonyl (C=O) groups excluding carboxylic acids is 2. The summed E-state index contributed by atoms with van der Waals surface area (Å²) in [5.74, 6) is -0.410. The molecule has 0 bridgehead atoms. The summed E-state index contributed by atoms with van der Waals surface area (Å²) in [5.41, 5.74) is -0.298. The fraction of sp³-hybridized carbons (Fsp3) is 0.267. The minimum atomic E-state index is -4.56. The van der Waals surface area contributed by atoms with E-state index >= 15 is 0 Å². The van der Waals surface area contributed by atoms with Crippen LogP contribution < -0.4 is 15.4 Å². The molecule has 0 fully saturated rings. The van der Waals surface area contributed by atoms with E-state index in [-0.39, 0.29) is 12.5 Å². The van der Waals surface area contributed by atoms with Gasteiger partial charge in [-0.25, -0.2) is 0 Å². The molecule has 2 aromatic rings. The van der Waals surface area contributed by atoms with Gasteiger partial charge in [0, 0.05) is 11.9 Å². The molecule has 0 radical (unpaired) electrons. The van der Waals surface area contributed by atoms with Crippen molar-refractivity contribution in [1.82, 2.24) is 9.78 Å². The van der Waals surface area contributed by atoms with Gasteiger partial charge in [0.1, 0.15) is 12.3 Å². The number of amides is 2. The van der Waals surface area contributed by atoms with Crippen molar-refractivity contribution in [2.24, 2.45) is 0 Å². The third-order valence-corrected chi connectivity index (χ3v) is 3.43. The lowest BCUT2D eigenvalue weighted by atomic mass is 10.2. The molecule has 1 aliphatic heterocycles. The third-order valence-electron chi connectivity index (χ3n) is 3.43. The number of anilines is 2. The molecule has 3 rings (SSSR count). The van der Waals surface area contributed by atoms with Gasteiger partial charge in [0.15, 0.2) is 11.8 Å². The van der Waals surface area contributed by atoms with Crippen molar-refractivity contribution < 1.29 is 27.5 Å². The molecule has 1 aliphatic rings. The predicted octanol–water partition coefficient (Wildman–Crippen LogP) is 2.26. The number of alkyl halides is 3. The van der Waals surface area contributed by atoms with Gasteiger partial charge in [-0.1, -0.05) is 0 Å². The molecule has 1 atom stereocenters. The smallest absolute Gasteiger partial charge is 0.435 e. The maximum atomic E-state index is 12.5. The first-order valence-corrected chi connectivity index (χ1v) is 7.24. The summed E-state index contributed by atoms with van der Waals surface area (Å²) in [4.78, 5) is 23.5. The summed E-state index contributed by atoms with van der Waals surface area (Å²) in [5, 5.41) is 8.47. The Morgan fingerprint density at radius 2 is 2.16 bits per heavy atom. The van der Waals surface area contributed by atoms with E-state index in [2.05, 4.69) is 15.7 Å². The first-order chi connectivity index (χ1) is 11.7. The van der Waals surface area contributed by atoms with Crippen molar-refractivity contribution in [1.29, 1.82) is 0 Å². The number of ether oxygens (including phenoxy) is 1. The Labute approximate surface area is 139 Å². The minimum absolute atomic E-state index is 0.313. The van der Waals surface area contributed by atoms with Gasteiger partial charge >= 0.3 is 6.18 Å². The maximum Gasteiger partial charge on any atom is 0.435 e. The predicted molar refractivity (Wildman–Crippen MR) is 81.0 cm³/mol. The molecular weight excluding hydrogens is 341 g/mol. The number of rotatable bonds is 3. The standard InChI is InChI=1S/C15H13F3N4O3/c1-8-14(24)20-10-6-9(2-3-11(10)25-8)19-13(23)7-22-5-4-12(21-22)15(16,17)18/h2-6,8H,7H2,1H3,(H,19,23)(H,20,24). The highest BCUT2D eigenvalue weighted by molar-refractivity contribution is 5.99. The highest BCUT2D eigenvalue weighted by atomic mass is 19.4. The SMILES string of the molecule is CC1Oc2ccc(NC(=O)Cn3ccc(C(F)(F)F)n3)cc2NC1=O. The van der Waals surface area contributed by atoms with E-state index in [4.69, 9.17) is 4.74 Å². The summed E-state index contributed by atoms with van der Waals surface area (Å²) in [6.07, 6.45) is -4.10. The van der Waals surface area contributed by atoms with Crippen molar-refractivity contribution in [2.75, 3.05) is 10.6 Å². The monoisotopic (exact) mass is 354 g/mol. The normalized spacial score (nSPS) is 16.6. The summed E-state index contributed by atoms with van der Waals surface area (Å²) in [7, 11) is 0. The average molecular weight is 354 g/mol. The quantitative estimate of drug-likeness (QED) is 0.885. The van der Waals surface area contributed by atoms with Crippen LogP contribution in [0.15, 0.2) is 30.5 Å². The largest absolute Gasteiger partial charge is 0.479 e. The van der Waals surface area contributed by atoms with Crippen LogP contribution in [0.4, 0.5) is 24.5 Å². The Balaban J connectivity index is 1.66. The summed E-state index contributed by atoms with van der Waals surface area (Å²) >= 11 is 0. The molecule has 1 aromatic carbocycles. The topological polar surface area (TPSA) is 85.2 Å². The van der Waals surface area contributed by atoms with Crippen LogP contribution in [0.25, 0.3) is 0 Å². The van der Waals surface area contributed by atoms with Gasteiger partial charge in [0.05, 0.1) is 5.69 Å². The lowest BCUT2D eigenvalue weighted by Crippen LogP contribution is -2.34. The zero-order chi connectivity index (χ0) is 18.2. The van der Waals surface area contributed by atoms with Crippen LogP contribution in [-0.2, 0) is 22.3 Å². The van der Waals surface area contributed by atoms with Crippen molar-refractivity contribution in [2.45, 2.75) is 25.7 Å². The average Bonchev–Trinajstić information content (AvgIpc) is 2.97. The first-order valence-electron chi connectivity index (χ1n) is 7.24. The van der Waals surface area contributed by atoms with Crippen LogP contribution in [0.1, 0.15) is 12.6 Å². The van der Waals surface area contributed by atoms with Crippen LogP contribution in [0, 0.1) is 0 Å². The molecule has 0 spiro atoms. The molecule has 7 nitrogen and oxygen atoms in total. The second-order valence-electron chi connectivity index (χ2n) is 5.40. The molecule has 2 amide bonds. The molecule has 132 valence electrons. The van der Waals surface area contributed by atoms with E-state index in [0.29, 0.717) is 17.1 Å². The molecule has 0 aliphatic carbocycles. The molecule has 1 aromatic heterocycles. The zero-order valence-electron chi connectivity index (χ0n) is 12.9. The van der Waals surface area contributed by atoms with Gasteiger partial charge in [-0.2, -0.15) is 18.3 Å². The Bertz CT molecular complexity index is 832. The molecule has 2 heterocycles. The van der Waals surface area contributed by atoms with E-state index in [1.54, 1.807) is 19.1 Å². The van der Waals surface area contributed by atoms with Crippen LogP contribution >= 0.6 is 0 Å². The fourth-order valence-corrected chi connectivity index (χ4v) is 2.24. The molecule has 25 heavy (non-hydrogen) atoms. The number of hydrogen-bond donors (Lipinski definition) is 2. The second-order valence-corrected chi connectivity index (χ2v) is 5.40. The van der Waals surface area contributed by atoms with Crippen LogP contribution in [0.5, 0.6) is 5.75 Å². The van der Waals surface area contributed by atoms with Crippen LogP contribution in [-0.4, -0.2) is 27.7 Å². The van der Waals surface area contributed by atoms with Gasteiger partial charge < -0.3 is 15.4 Å². The highest BCUT2D eigenvalue weighted by Crippen LogP contribution is 2.32. The van der Waals surface area contributed by atoms with E-state index in [0.717, 1.165) is 16.9 Å². The summed E-state index contributed by atoms with van der Waals surface area (Å²) < 4.78 is 43.7. The number of fused-ring (bicyclic) bond motifs is 1. The number of benzene rings is 1. The number of halogens is 3. The Morgan fingerprint density at radius 3 is 2.84 bits per heavy atom. The lowest BCUT2D eigenvalue weighted by molar-refractivity contribution is -0.141. The summed E-state index contributed by atoms with van der Waals surface area (Å²) in [6, 6.07) is 5.43. The van der Waals surface area contributed by atoms with E-state index in [1.807, 2.05) is 0 Å². The van der Waals surface area contributed by atoms with Gasteiger partial charge in [0.25, 0.3) is 5.91 Å². The number of nitrogens with one attached hydrogen (secondary N) is 2.